The molecule has 2 aliphatic rings. The standard InChI is InChI=1S/C20H28FN3O4/c1-2-8-22-20(26)24-10-11-27-13-15-12-23(9-7-18(15)24)19(25)14-28-17-5-3-16(21)4-6-17/h3-6,15,18H,2,7-14H2,1H3,(H,22,26)/t15-,18-/m1/s1. The van der Waals surface area contributed by atoms with Crippen molar-refractivity contribution in [2.45, 2.75) is 25.8 Å². The second-order valence-corrected chi connectivity index (χ2v) is 7.20. The lowest BCUT2D eigenvalue weighted by atomic mass is 9.91. The van der Waals surface area contributed by atoms with Gasteiger partial charge in [0.05, 0.1) is 13.2 Å². The van der Waals surface area contributed by atoms with Crippen LogP contribution in [-0.2, 0) is 9.53 Å². The number of likely N-dealkylation sites (tertiary alicyclic amines) is 1. The molecule has 8 heteroatoms. The summed E-state index contributed by atoms with van der Waals surface area (Å²) in [5.41, 5.74) is 0. The molecule has 0 spiro atoms. The number of nitrogens with zero attached hydrogens (tertiary/aromatic N) is 2. The van der Waals surface area contributed by atoms with Gasteiger partial charge in [-0.15, -0.1) is 0 Å². The van der Waals surface area contributed by atoms with Gasteiger partial charge < -0.3 is 24.6 Å². The van der Waals surface area contributed by atoms with E-state index in [0.717, 1.165) is 12.8 Å². The molecule has 0 aliphatic carbocycles. The Hall–Kier alpha value is -2.35. The molecule has 7 nitrogen and oxygen atoms in total. The van der Waals surface area contributed by atoms with Crippen LogP contribution in [0.3, 0.4) is 0 Å². The van der Waals surface area contributed by atoms with Gasteiger partial charge >= 0.3 is 6.03 Å². The molecule has 0 bridgehead atoms. The van der Waals surface area contributed by atoms with Crippen LogP contribution in [0.25, 0.3) is 0 Å². The minimum absolute atomic E-state index is 0.0539. The lowest BCUT2D eigenvalue weighted by Gasteiger charge is -2.41. The number of hydrogen-bond donors (Lipinski definition) is 1. The van der Waals surface area contributed by atoms with E-state index in [1.165, 1.54) is 24.3 Å². The first-order valence-corrected chi connectivity index (χ1v) is 9.87. The zero-order chi connectivity index (χ0) is 19.9. The highest BCUT2D eigenvalue weighted by Gasteiger charge is 2.38. The van der Waals surface area contributed by atoms with Crippen molar-refractivity contribution < 1.29 is 23.5 Å². The van der Waals surface area contributed by atoms with E-state index in [0.29, 0.717) is 45.1 Å². The van der Waals surface area contributed by atoms with Gasteiger partial charge in [-0.1, -0.05) is 6.92 Å². The monoisotopic (exact) mass is 393 g/mol. The summed E-state index contributed by atoms with van der Waals surface area (Å²) in [7, 11) is 0. The number of urea groups is 1. The first kappa shape index (κ1) is 20.4. The van der Waals surface area contributed by atoms with E-state index in [2.05, 4.69) is 5.32 Å². The molecule has 0 saturated carbocycles. The van der Waals surface area contributed by atoms with Crippen LogP contribution in [0, 0.1) is 11.7 Å². The Balaban J connectivity index is 1.55. The van der Waals surface area contributed by atoms with E-state index < -0.39 is 0 Å². The number of ether oxygens (including phenoxy) is 2. The summed E-state index contributed by atoms with van der Waals surface area (Å²) >= 11 is 0. The normalized spacial score (nSPS) is 22.2. The number of fused-ring (bicyclic) bond motifs is 1. The van der Waals surface area contributed by atoms with Gasteiger partial charge in [0.15, 0.2) is 6.61 Å². The molecule has 1 aromatic rings. The van der Waals surface area contributed by atoms with Crippen LogP contribution < -0.4 is 10.1 Å². The number of rotatable bonds is 5. The van der Waals surface area contributed by atoms with E-state index in [9.17, 15) is 14.0 Å². The molecular formula is C20H28FN3O4. The average molecular weight is 393 g/mol. The van der Waals surface area contributed by atoms with E-state index in [4.69, 9.17) is 9.47 Å². The molecule has 2 aliphatic heterocycles. The van der Waals surface area contributed by atoms with E-state index in [1.54, 1.807) is 4.90 Å². The van der Waals surface area contributed by atoms with Crippen molar-refractivity contribution in [3.05, 3.63) is 30.1 Å². The molecule has 3 amide bonds. The molecular weight excluding hydrogens is 365 g/mol. The predicted octanol–water partition coefficient (Wildman–Crippen LogP) is 1.87. The maximum absolute atomic E-state index is 12.9. The summed E-state index contributed by atoms with van der Waals surface area (Å²) in [5, 5.41) is 2.94. The Morgan fingerprint density at radius 3 is 2.82 bits per heavy atom. The summed E-state index contributed by atoms with van der Waals surface area (Å²) in [6, 6.07) is 5.61. The number of halogens is 1. The van der Waals surface area contributed by atoms with E-state index >= 15 is 0 Å². The van der Waals surface area contributed by atoms with Crippen molar-refractivity contribution in [3.8, 4) is 5.75 Å². The fraction of sp³-hybridized carbons (Fsp3) is 0.600. The lowest BCUT2D eigenvalue weighted by Crippen LogP contribution is -2.56. The zero-order valence-electron chi connectivity index (χ0n) is 16.2. The molecule has 0 aromatic heterocycles. The van der Waals surface area contributed by atoms with Gasteiger partial charge in [0.25, 0.3) is 5.91 Å². The number of benzene rings is 1. The summed E-state index contributed by atoms with van der Waals surface area (Å²) in [6.07, 6.45) is 1.61. The fourth-order valence-corrected chi connectivity index (χ4v) is 3.74. The van der Waals surface area contributed by atoms with Gasteiger partial charge in [-0.2, -0.15) is 0 Å². The molecule has 0 unspecified atom stereocenters. The van der Waals surface area contributed by atoms with Crippen LogP contribution >= 0.6 is 0 Å². The van der Waals surface area contributed by atoms with Gasteiger partial charge in [-0.25, -0.2) is 9.18 Å². The number of carbonyl (C=O) groups excluding carboxylic acids is 2. The first-order valence-electron chi connectivity index (χ1n) is 9.87. The first-order chi connectivity index (χ1) is 13.6. The molecule has 1 N–H and O–H groups in total. The van der Waals surface area contributed by atoms with Crippen molar-refractivity contribution in [1.29, 1.82) is 0 Å². The van der Waals surface area contributed by atoms with Gasteiger partial charge in [-0.3, -0.25) is 4.79 Å². The van der Waals surface area contributed by atoms with E-state index in [-0.39, 0.29) is 36.3 Å². The van der Waals surface area contributed by atoms with E-state index in [1.807, 2.05) is 11.8 Å². The van der Waals surface area contributed by atoms with Crippen molar-refractivity contribution in [1.82, 2.24) is 15.1 Å². The Morgan fingerprint density at radius 2 is 2.07 bits per heavy atom. The molecule has 1 aromatic carbocycles. The van der Waals surface area contributed by atoms with Crippen LogP contribution in [0.15, 0.2) is 24.3 Å². The smallest absolute Gasteiger partial charge is 0.317 e. The summed E-state index contributed by atoms with van der Waals surface area (Å²) < 4.78 is 24.1. The van der Waals surface area contributed by atoms with Gasteiger partial charge in [0.2, 0.25) is 0 Å². The van der Waals surface area contributed by atoms with Gasteiger partial charge in [0, 0.05) is 38.1 Å². The summed E-state index contributed by atoms with van der Waals surface area (Å²) in [6.45, 7) is 5.30. The minimum Gasteiger partial charge on any atom is -0.484 e. The van der Waals surface area contributed by atoms with Crippen LogP contribution in [0.2, 0.25) is 0 Å². The van der Waals surface area contributed by atoms with Crippen molar-refractivity contribution >= 4 is 11.9 Å². The maximum atomic E-state index is 12.9. The highest BCUT2D eigenvalue weighted by atomic mass is 19.1. The maximum Gasteiger partial charge on any atom is 0.317 e. The molecule has 2 heterocycles. The molecule has 2 saturated heterocycles. The second kappa shape index (κ2) is 9.73. The number of hydrogen-bond acceptors (Lipinski definition) is 4. The SMILES string of the molecule is CCCNC(=O)N1CCOC[C@H]2CN(C(=O)COc3ccc(F)cc3)CC[C@H]21. The molecule has 28 heavy (non-hydrogen) atoms. The molecule has 0 radical (unpaired) electrons. The molecule has 2 atom stereocenters. The van der Waals surface area contributed by atoms with Crippen LogP contribution in [0.5, 0.6) is 5.75 Å². The third kappa shape index (κ3) is 5.13. The lowest BCUT2D eigenvalue weighted by molar-refractivity contribution is -0.136. The average Bonchev–Trinajstić information content (AvgIpc) is 2.93. The number of nitrogens with one attached hydrogen (secondary N) is 1. The Bertz CT molecular complexity index is 670. The topological polar surface area (TPSA) is 71.1 Å². The predicted molar refractivity (Wildman–Crippen MR) is 102 cm³/mol. The molecule has 154 valence electrons. The highest BCUT2D eigenvalue weighted by molar-refractivity contribution is 5.78. The van der Waals surface area contributed by atoms with Crippen LogP contribution in [-0.4, -0.2) is 73.8 Å². The second-order valence-electron chi connectivity index (χ2n) is 7.20. The third-order valence-electron chi connectivity index (χ3n) is 5.22. The largest absolute Gasteiger partial charge is 0.484 e. The Labute approximate surface area is 164 Å². The third-order valence-corrected chi connectivity index (χ3v) is 5.22. The van der Waals surface area contributed by atoms with Gasteiger partial charge in [-0.05, 0) is 37.1 Å². The van der Waals surface area contributed by atoms with Crippen LogP contribution in [0.4, 0.5) is 9.18 Å². The van der Waals surface area contributed by atoms with Gasteiger partial charge in [0.1, 0.15) is 11.6 Å². The summed E-state index contributed by atoms with van der Waals surface area (Å²) in [4.78, 5) is 28.7. The van der Waals surface area contributed by atoms with Crippen molar-refractivity contribution in [3.63, 3.8) is 0 Å². The number of piperidine rings is 1. The zero-order valence-corrected chi connectivity index (χ0v) is 16.2. The highest BCUT2D eigenvalue weighted by Crippen LogP contribution is 2.25. The minimum atomic E-state index is -0.346. The quantitative estimate of drug-likeness (QED) is 0.829. The molecule has 2 fully saturated rings. The Kier molecular flexibility index (Phi) is 7.08. The number of amides is 3. The molecule has 3 rings (SSSR count). The van der Waals surface area contributed by atoms with Crippen molar-refractivity contribution in [2.24, 2.45) is 5.92 Å². The Morgan fingerprint density at radius 1 is 1.29 bits per heavy atom. The number of carbonyl (C=O) groups is 2. The fourth-order valence-electron chi connectivity index (χ4n) is 3.74. The summed E-state index contributed by atoms with van der Waals surface area (Å²) in [5.74, 6) is 0.0789. The van der Waals surface area contributed by atoms with Crippen molar-refractivity contribution in [2.75, 3.05) is 46.0 Å². The van der Waals surface area contributed by atoms with Crippen LogP contribution in [0.1, 0.15) is 19.8 Å².